The highest BCUT2D eigenvalue weighted by molar-refractivity contribution is 5.82. The van der Waals surface area contributed by atoms with Crippen molar-refractivity contribution in [2.24, 2.45) is 0 Å². The fourth-order valence-electron chi connectivity index (χ4n) is 2.83. The van der Waals surface area contributed by atoms with Crippen LogP contribution in [0.15, 0.2) is 18.2 Å². The lowest BCUT2D eigenvalue weighted by molar-refractivity contribution is -0.151. The first-order valence-electron chi connectivity index (χ1n) is 6.10. The molecule has 0 fully saturated rings. The highest BCUT2D eigenvalue weighted by Crippen LogP contribution is 2.40. The first-order chi connectivity index (χ1) is 8.52. The summed E-state index contributed by atoms with van der Waals surface area (Å²) in [5.74, 6) is -0.0789. The quantitative estimate of drug-likeness (QED) is 0.888. The third-order valence-corrected chi connectivity index (χ3v) is 3.86. The van der Waals surface area contributed by atoms with E-state index in [-0.39, 0.29) is 0 Å². The molecule has 0 saturated carbocycles. The number of carbonyl (C=O) groups is 1. The van der Waals surface area contributed by atoms with Crippen molar-refractivity contribution in [1.82, 2.24) is 4.90 Å². The predicted octanol–water partition coefficient (Wildman–Crippen LogP) is 1.87. The number of benzene rings is 1. The van der Waals surface area contributed by atoms with Gasteiger partial charge in [-0.15, -0.1) is 0 Å². The molecule has 0 saturated heterocycles. The Bertz CT molecular complexity index is 470. The molecular formula is C14H19NO3. The standard InChI is InChI=1S/C14H19NO3/c1-15(2)14(13(16)17)8-4-5-10-6-7-11(18-3)9-12(10)14/h6-7,9H,4-5,8H2,1-3H3,(H,16,17). The summed E-state index contributed by atoms with van der Waals surface area (Å²) in [4.78, 5) is 13.6. The summed E-state index contributed by atoms with van der Waals surface area (Å²) in [6.45, 7) is 0. The van der Waals surface area contributed by atoms with Crippen molar-refractivity contribution < 1.29 is 14.6 Å². The molecule has 0 aliphatic heterocycles. The number of aliphatic carboxylic acids is 1. The first-order valence-corrected chi connectivity index (χ1v) is 6.10. The first kappa shape index (κ1) is 12.9. The van der Waals surface area contributed by atoms with Gasteiger partial charge in [0, 0.05) is 0 Å². The lowest BCUT2D eigenvalue weighted by Crippen LogP contribution is -2.50. The largest absolute Gasteiger partial charge is 0.497 e. The molecule has 4 heteroatoms. The van der Waals surface area contributed by atoms with Crippen molar-refractivity contribution in [2.75, 3.05) is 21.2 Å². The number of aryl methyl sites for hydroxylation is 1. The molecule has 0 radical (unpaired) electrons. The lowest BCUT2D eigenvalue weighted by atomic mass is 9.75. The van der Waals surface area contributed by atoms with E-state index in [2.05, 4.69) is 0 Å². The maximum atomic E-state index is 11.8. The van der Waals surface area contributed by atoms with Gasteiger partial charge in [-0.05, 0) is 56.6 Å². The third kappa shape index (κ3) is 1.77. The minimum atomic E-state index is -0.928. The number of methoxy groups -OCH3 is 1. The van der Waals surface area contributed by atoms with Crippen molar-refractivity contribution in [3.05, 3.63) is 29.3 Å². The van der Waals surface area contributed by atoms with Gasteiger partial charge >= 0.3 is 5.97 Å². The van der Waals surface area contributed by atoms with Crippen LogP contribution in [0, 0.1) is 0 Å². The van der Waals surface area contributed by atoms with E-state index in [0.29, 0.717) is 12.2 Å². The molecule has 0 aromatic heterocycles. The average Bonchev–Trinajstić information content (AvgIpc) is 2.36. The lowest BCUT2D eigenvalue weighted by Gasteiger charge is -2.40. The summed E-state index contributed by atoms with van der Waals surface area (Å²) >= 11 is 0. The summed E-state index contributed by atoms with van der Waals surface area (Å²) in [5.41, 5.74) is 1.05. The molecule has 1 aromatic rings. The number of ether oxygens (including phenoxy) is 1. The van der Waals surface area contributed by atoms with E-state index in [1.54, 1.807) is 12.0 Å². The minimum Gasteiger partial charge on any atom is -0.497 e. The SMILES string of the molecule is COc1ccc2c(c1)C(C(=O)O)(N(C)C)CCC2. The smallest absolute Gasteiger partial charge is 0.328 e. The molecule has 0 bridgehead atoms. The van der Waals surface area contributed by atoms with E-state index in [1.165, 1.54) is 0 Å². The van der Waals surface area contributed by atoms with Gasteiger partial charge in [-0.2, -0.15) is 0 Å². The van der Waals surface area contributed by atoms with Crippen molar-refractivity contribution in [3.63, 3.8) is 0 Å². The number of nitrogens with zero attached hydrogens (tertiary/aromatic N) is 1. The monoisotopic (exact) mass is 249 g/mol. The number of hydrogen-bond donors (Lipinski definition) is 1. The molecule has 0 spiro atoms. The Balaban J connectivity index is 2.63. The third-order valence-electron chi connectivity index (χ3n) is 3.86. The Labute approximate surface area is 107 Å². The number of carboxylic acids is 1. The molecule has 1 aliphatic carbocycles. The second-order valence-corrected chi connectivity index (χ2v) is 4.94. The van der Waals surface area contributed by atoms with Gasteiger partial charge in [-0.3, -0.25) is 4.90 Å². The van der Waals surface area contributed by atoms with Crippen LogP contribution in [0.3, 0.4) is 0 Å². The zero-order chi connectivity index (χ0) is 13.3. The van der Waals surface area contributed by atoms with E-state index < -0.39 is 11.5 Å². The molecular weight excluding hydrogens is 230 g/mol. The summed E-state index contributed by atoms with van der Waals surface area (Å²) in [7, 11) is 5.24. The van der Waals surface area contributed by atoms with Gasteiger partial charge in [0.25, 0.3) is 0 Å². The van der Waals surface area contributed by atoms with Crippen LogP contribution in [0.2, 0.25) is 0 Å². The molecule has 0 amide bonds. The molecule has 1 atom stereocenters. The van der Waals surface area contributed by atoms with E-state index in [9.17, 15) is 9.90 Å². The van der Waals surface area contributed by atoms with E-state index in [4.69, 9.17) is 4.74 Å². The van der Waals surface area contributed by atoms with Crippen LogP contribution < -0.4 is 4.74 Å². The molecule has 1 aliphatic rings. The number of hydrogen-bond acceptors (Lipinski definition) is 3. The molecule has 1 unspecified atom stereocenters. The van der Waals surface area contributed by atoms with Crippen molar-refractivity contribution in [3.8, 4) is 5.75 Å². The van der Waals surface area contributed by atoms with Gasteiger partial charge in [0.05, 0.1) is 7.11 Å². The topological polar surface area (TPSA) is 49.8 Å². The highest BCUT2D eigenvalue weighted by atomic mass is 16.5. The summed E-state index contributed by atoms with van der Waals surface area (Å²) < 4.78 is 5.22. The molecule has 1 N–H and O–H groups in total. The van der Waals surface area contributed by atoms with Crippen molar-refractivity contribution >= 4 is 5.97 Å². The van der Waals surface area contributed by atoms with Gasteiger partial charge in [-0.25, -0.2) is 4.79 Å². The van der Waals surface area contributed by atoms with Crippen LogP contribution in [0.4, 0.5) is 0 Å². The predicted molar refractivity (Wildman–Crippen MR) is 68.9 cm³/mol. The highest BCUT2D eigenvalue weighted by Gasteiger charge is 2.45. The molecule has 2 rings (SSSR count). The van der Waals surface area contributed by atoms with Crippen LogP contribution >= 0.6 is 0 Å². The molecule has 0 heterocycles. The van der Waals surface area contributed by atoms with Gasteiger partial charge in [0.1, 0.15) is 11.3 Å². The Kier molecular flexibility index (Phi) is 3.30. The Hall–Kier alpha value is -1.55. The zero-order valence-electron chi connectivity index (χ0n) is 11.1. The normalized spacial score (nSPS) is 22.7. The fourth-order valence-corrected chi connectivity index (χ4v) is 2.83. The second kappa shape index (κ2) is 4.61. The summed E-state index contributed by atoms with van der Waals surface area (Å²) in [6.07, 6.45) is 2.46. The number of likely N-dealkylation sites (N-methyl/N-ethyl adjacent to an activating group) is 1. The van der Waals surface area contributed by atoms with Gasteiger partial charge in [0.2, 0.25) is 0 Å². The van der Waals surface area contributed by atoms with Crippen molar-refractivity contribution in [2.45, 2.75) is 24.8 Å². The Morgan fingerprint density at radius 1 is 1.44 bits per heavy atom. The second-order valence-electron chi connectivity index (χ2n) is 4.94. The molecule has 1 aromatic carbocycles. The van der Waals surface area contributed by atoms with Crippen LogP contribution in [-0.4, -0.2) is 37.2 Å². The number of fused-ring (bicyclic) bond motifs is 1. The average molecular weight is 249 g/mol. The van der Waals surface area contributed by atoms with Crippen LogP contribution in [0.5, 0.6) is 5.75 Å². The summed E-state index contributed by atoms with van der Waals surface area (Å²) in [5, 5.41) is 9.69. The minimum absolute atomic E-state index is 0.634. The van der Waals surface area contributed by atoms with Crippen molar-refractivity contribution in [1.29, 1.82) is 0 Å². The Morgan fingerprint density at radius 2 is 2.17 bits per heavy atom. The molecule has 98 valence electrons. The van der Waals surface area contributed by atoms with Gasteiger partial charge < -0.3 is 9.84 Å². The number of carboxylic acid groups (broad SMARTS) is 1. The molecule has 18 heavy (non-hydrogen) atoms. The summed E-state index contributed by atoms with van der Waals surface area (Å²) in [6, 6.07) is 5.74. The van der Waals surface area contributed by atoms with E-state index in [1.807, 2.05) is 32.3 Å². The van der Waals surface area contributed by atoms with Crippen LogP contribution in [0.25, 0.3) is 0 Å². The van der Waals surface area contributed by atoms with Crippen LogP contribution in [0.1, 0.15) is 24.0 Å². The van der Waals surface area contributed by atoms with E-state index >= 15 is 0 Å². The van der Waals surface area contributed by atoms with E-state index in [0.717, 1.165) is 24.0 Å². The van der Waals surface area contributed by atoms with Gasteiger partial charge in [-0.1, -0.05) is 6.07 Å². The number of rotatable bonds is 3. The molecule has 4 nitrogen and oxygen atoms in total. The fraction of sp³-hybridized carbons (Fsp3) is 0.500. The maximum Gasteiger partial charge on any atom is 0.328 e. The van der Waals surface area contributed by atoms with Crippen LogP contribution in [-0.2, 0) is 16.8 Å². The zero-order valence-corrected chi connectivity index (χ0v) is 11.1. The Morgan fingerprint density at radius 3 is 2.72 bits per heavy atom. The van der Waals surface area contributed by atoms with Gasteiger partial charge in [0.15, 0.2) is 0 Å². The maximum absolute atomic E-state index is 11.8.